The monoisotopic (exact) mass is 281 g/mol. The summed E-state index contributed by atoms with van der Waals surface area (Å²) in [7, 11) is 3.31. The highest BCUT2D eigenvalue weighted by Gasteiger charge is 2.10. The van der Waals surface area contributed by atoms with Crippen LogP contribution in [0.1, 0.15) is 0 Å². The second-order valence-corrected chi connectivity index (χ2v) is 4.68. The Kier molecular flexibility index (Phi) is 3.31. The van der Waals surface area contributed by atoms with Crippen LogP contribution in [0.15, 0.2) is 48.5 Å². The van der Waals surface area contributed by atoms with E-state index in [9.17, 15) is 4.79 Å². The van der Waals surface area contributed by atoms with E-state index < -0.39 is 6.09 Å². The number of nitrogens with one attached hydrogen (secondary N) is 1. The quantitative estimate of drug-likeness (QED) is 0.783. The highest BCUT2D eigenvalue weighted by Crippen LogP contribution is 2.25. The normalized spacial score (nSPS) is 10.6. The lowest BCUT2D eigenvalue weighted by atomic mass is 10.2. The number of fused-ring (bicyclic) bond motifs is 1. The Bertz CT molecular complexity index is 794. The van der Waals surface area contributed by atoms with E-state index in [4.69, 9.17) is 0 Å². The van der Waals surface area contributed by atoms with Gasteiger partial charge in [-0.1, -0.05) is 30.3 Å². The summed E-state index contributed by atoms with van der Waals surface area (Å²) in [6.45, 7) is 0. The molecule has 0 aliphatic heterocycles. The summed E-state index contributed by atoms with van der Waals surface area (Å²) in [5, 5.41) is 2.64. The summed E-state index contributed by atoms with van der Waals surface area (Å²) in [4.78, 5) is 15.9. The van der Waals surface area contributed by atoms with Gasteiger partial charge in [0.2, 0.25) is 0 Å². The molecule has 0 aliphatic carbocycles. The van der Waals surface area contributed by atoms with E-state index in [1.54, 1.807) is 0 Å². The van der Waals surface area contributed by atoms with Crippen molar-refractivity contribution in [3.8, 4) is 11.4 Å². The van der Waals surface area contributed by atoms with Crippen LogP contribution in [0.25, 0.3) is 22.4 Å². The maximum Gasteiger partial charge on any atom is 0.411 e. The molecule has 5 nitrogen and oxygen atoms in total. The van der Waals surface area contributed by atoms with Gasteiger partial charge in [0, 0.05) is 18.3 Å². The predicted molar refractivity (Wildman–Crippen MR) is 82.2 cm³/mol. The number of hydrogen-bond acceptors (Lipinski definition) is 3. The van der Waals surface area contributed by atoms with Crippen LogP contribution in [0.5, 0.6) is 0 Å². The van der Waals surface area contributed by atoms with Gasteiger partial charge in [-0.15, -0.1) is 0 Å². The first-order chi connectivity index (χ1) is 10.2. The summed E-state index contributed by atoms with van der Waals surface area (Å²) in [5.41, 5.74) is 3.54. The van der Waals surface area contributed by atoms with Gasteiger partial charge in [-0.3, -0.25) is 5.32 Å². The highest BCUT2D eigenvalue weighted by atomic mass is 16.5. The molecule has 0 spiro atoms. The number of carbonyl (C=O) groups excluding carboxylic acids is 1. The van der Waals surface area contributed by atoms with E-state index in [1.807, 2.05) is 60.1 Å². The van der Waals surface area contributed by atoms with Gasteiger partial charge in [0.1, 0.15) is 5.82 Å². The lowest BCUT2D eigenvalue weighted by Crippen LogP contribution is -2.10. The number of hydrogen-bond donors (Lipinski definition) is 1. The number of methoxy groups -OCH3 is 1. The van der Waals surface area contributed by atoms with Crippen LogP contribution in [-0.4, -0.2) is 22.8 Å². The number of aryl methyl sites for hydroxylation is 1. The van der Waals surface area contributed by atoms with E-state index in [1.165, 1.54) is 7.11 Å². The minimum atomic E-state index is -0.492. The van der Waals surface area contributed by atoms with E-state index in [0.29, 0.717) is 5.69 Å². The number of rotatable bonds is 2. The summed E-state index contributed by atoms with van der Waals surface area (Å²) in [5.74, 6) is 0.890. The number of ether oxygens (including phenoxy) is 1. The third-order valence-electron chi connectivity index (χ3n) is 3.34. The molecule has 0 fully saturated rings. The molecule has 2 aromatic carbocycles. The summed E-state index contributed by atoms with van der Waals surface area (Å²) >= 11 is 0. The van der Waals surface area contributed by atoms with Gasteiger partial charge in [-0.05, 0) is 18.2 Å². The third kappa shape index (κ3) is 2.45. The number of imidazole rings is 1. The molecule has 1 N–H and O–H groups in total. The molecule has 0 bridgehead atoms. The van der Waals surface area contributed by atoms with Crippen LogP contribution >= 0.6 is 0 Å². The largest absolute Gasteiger partial charge is 0.453 e. The first kappa shape index (κ1) is 13.2. The number of benzene rings is 2. The topological polar surface area (TPSA) is 56.1 Å². The maximum atomic E-state index is 11.3. The molecule has 21 heavy (non-hydrogen) atoms. The molecule has 0 atom stereocenters. The Labute approximate surface area is 122 Å². The van der Waals surface area contributed by atoms with Crippen LogP contribution < -0.4 is 5.32 Å². The van der Waals surface area contributed by atoms with Crippen molar-refractivity contribution in [2.45, 2.75) is 0 Å². The van der Waals surface area contributed by atoms with Crippen LogP contribution in [0.3, 0.4) is 0 Å². The molecular formula is C16H15N3O2. The third-order valence-corrected chi connectivity index (χ3v) is 3.34. The van der Waals surface area contributed by atoms with Crippen molar-refractivity contribution >= 4 is 22.8 Å². The van der Waals surface area contributed by atoms with E-state index in [2.05, 4.69) is 15.0 Å². The average molecular weight is 281 g/mol. The van der Waals surface area contributed by atoms with Crippen molar-refractivity contribution in [2.24, 2.45) is 7.05 Å². The van der Waals surface area contributed by atoms with E-state index in [0.717, 1.165) is 22.4 Å². The number of nitrogens with zero attached hydrogens (tertiary/aromatic N) is 2. The van der Waals surface area contributed by atoms with Crippen molar-refractivity contribution < 1.29 is 9.53 Å². The Morgan fingerprint density at radius 1 is 1.19 bits per heavy atom. The zero-order valence-corrected chi connectivity index (χ0v) is 11.8. The predicted octanol–water partition coefficient (Wildman–Crippen LogP) is 3.42. The molecule has 0 aliphatic rings. The van der Waals surface area contributed by atoms with E-state index >= 15 is 0 Å². The molecule has 1 aromatic heterocycles. The van der Waals surface area contributed by atoms with Gasteiger partial charge >= 0.3 is 6.09 Å². The minimum Gasteiger partial charge on any atom is -0.453 e. The molecular weight excluding hydrogens is 266 g/mol. The Balaban J connectivity index is 2.06. The van der Waals surface area contributed by atoms with Gasteiger partial charge in [-0.2, -0.15) is 0 Å². The Morgan fingerprint density at radius 3 is 2.67 bits per heavy atom. The second kappa shape index (κ2) is 5.28. The Morgan fingerprint density at radius 2 is 1.95 bits per heavy atom. The average Bonchev–Trinajstić information content (AvgIpc) is 2.84. The molecule has 106 valence electrons. The standard InChI is InChI=1S/C16H15N3O2/c1-19-14-9-8-12(17-16(20)21-2)10-13(14)18-15(19)11-6-4-3-5-7-11/h3-10H,1-2H3,(H,17,20). The number of aromatic nitrogens is 2. The Hall–Kier alpha value is -2.82. The van der Waals surface area contributed by atoms with Gasteiger partial charge in [0.05, 0.1) is 18.1 Å². The zero-order chi connectivity index (χ0) is 14.8. The molecule has 1 amide bonds. The summed E-state index contributed by atoms with van der Waals surface area (Å²) in [6.07, 6.45) is -0.492. The molecule has 0 unspecified atom stereocenters. The number of amides is 1. The van der Waals surface area contributed by atoms with E-state index in [-0.39, 0.29) is 0 Å². The molecule has 0 saturated carbocycles. The fraction of sp³-hybridized carbons (Fsp3) is 0.125. The molecule has 5 heteroatoms. The van der Waals surface area contributed by atoms with Crippen LogP contribution in [0.4, 0.5) is 10.5 Å². The van der Waals surface area contributed by atoms with Gasteiger partial charge in [0.15, 0.2) is 0 Å². The van der Waals surface area contributed by atoms with Crippen molar-refractivity contribution in [1.82, 2.24) is 9.55 Å². The first-order valence-corrected chi connectivity index (χ1v) is 6.56. The molecule has 3 rings (SSSR count). The number of carbonyl (C=O) groups is 1. The fourth-order valence-corrected chi connectivity index (χ4v) is 2.29. The van der Waals surface area contributed by atoms with Crippen LogP contribution in [-0.2, 0) is 11.8 Å². The van der Waals surface area contributed by atoms with Crippen molar-refractivity contribution in [3.05, 3.63) is 48.5 Å². The molecule has 0 radical (unpaired) electrons. The molecule has 1 heterocycles. The highest BCUT2D eigenvalue weighted by molar-refractivity contribution is 5.89. The van der Waals surface area contributed by atoms with Gasteiger partial charge in [-0.25, -0.2) is 9.78 Å². The van der Waals surface area contributed by atoms with Gasteiger partial charge in [0.25, 0.3) is 0 Å². The van der Waals surface area contributed by atoms with Crippen molar-refractivity contribution in [1.29, 1.82) is 0 Å². The second-order valence-electron chi connectivity index (χ2n) is 4.68. The van der Waals surface area contributed by atoms with Crippen molar-refractivity contribution in [2.75, 3.05) is 12.4 Å². The van der Waals surface area contributed by atoms with Crippen LogP contribution in [0.2, 0.25) is 0 Å². The van der Waals surface area contributed by atoms with Crippen molar-refractivity contribution in [3.63, 3.8) is 0 Å². The lowest BCUT2D eigenvalue weighted by Gasteiger charge is -2.03. The summed E-state index contributed by atoms with van der Waals surface area (Å²) in [6, 6.07) is 15.6. The lowest BCUT2D eigenvalue weighted by molar-refractivity contribution is 0.187. The SMILES string of the molecule is COC(=O)Nc1ccc2c(c1)nc(-c1ccccc1)n2C. The zero-order valence-electron chi connectivity index (χ0n) is 11.8. The van der Waals surface area contributed by atoms with Gasteiger partial charge < -0.3 is 9.30 Å². The summed E-state index contributed by atoms with van der Waals surface area (Å²) < 4.78 is 6.62. The number of anilines is 1. The first-order valence-electron chi connectivity index (χ1n) is 6.56. The van der Waals surface area contributed by atoms with Crippen LogP contribution in [0, 0.1) is 0 Å². The fourth-order valence-electron chi connectivity index (χ4n) is 2.29. The maximum absolute atomic E-state index is 11.3. The smallest absolute Gasteiger partial charge is 0.411 e. The molecule has 3 aromatic rings. The molecule has 0 saturated heterocycles. The minimum absolute atomic E-state index is 0.492.